The topological polar surface area (TPSA) is 46.2 Å². The van der Waals surface area contributed by atoms with Crippen molar-refractivity contribution >= 4 is 15.9 Å². The first-order valence-electron chi connectivity index (χ1n) is 6.83. The first kappa shape index (κ1) is 16.1. The van der Waals surface area contributed by atoms with E-state index in [1.807, 2.05) is 31.2 Å². The second kappa shape index (κ2) is 6.69. The number of aliphatic hydroxyl groups excluding tert-OH is 1. The van der Waals surface area contributed by atoms with Gasteiger partial charge in [0.15, 0.2) is 0 Å². The number of aliphatic hydroxyl groups is 1. The predicted molar refractivity (Wildman–Crippen MR) is 86.8 cm³/mol. The summed E-state index contributed by atoms with van der Waals surface area (Å²) in [4.78, 5) is 0. The fourth-order valence-corrected chi connectivity index (χ4v) is 2.84. The third-order valence-corrected chi connectivity index (χ3v) is 4.36. The summed E-state index contributed by atoms with van der Waals surface area (Å²) < 4.78 is 14.8. The third kappa shape index (κ3) is 3.51. The quantitative estimate of drug-likeness (QED) is 0.867. The minimum atomic E-state index is -0.666. The van der Waals surface area contributed by atoms with Gasteiger partial charge in [-0.05, 0) is 36.6 Å². The van der Waals surface area contributed by atoms with Crippen molar-refractivity contribution in [1.29, 1.82) is 0 Å². The summed E-state index contributed by atoms with van der Waals surface area (Å²) in [7, 11) is 0. The highest BCUT2D eigenvalue weighted by molar-refractivity contribution is 9.10. The van der Waals surface area contributed by atoms with E-state index in [-0.39, 0.29) is 19.0 Å². The van der Waals surface area contributed by atoms with Crippen LogP contribution < -0.4 is 5.73 Å². The van der Waals surface area contributed by atoms with E-state index < -0.39 is 5.41 Å². The van der Waals surface area contributed by atoms with E-state index in [1.165, 1.54) is 6.07 Å². The van der Waals surface area contributed by atoms with Crippen LogP contribution in [0, 0.1) is 12.7 Å². The molecule has 1 atom stereocenters. The van der Waals surface area contributed by atoms with Gasteiger partial charge in [-0.15, -0.1) is 0 Å². The van der Waals surface area contributed by atoms with Gasteiger partial charge in [0.25, 0.3) is 0 Å². The van der Waals surface area contributed by atoms with Gasteiger partial charge in [-0.2, -0.15) is 0 Å². The van der Waals surface area contributed by atoms with Gasteiger partial charge in [-0.3, -0.25) is 0 Å². The SMILES string of the molecule is Cc1cccc(C(CN)(CO)Cc2ccc(Br)cc2F)c1. The molecule has 2 aromatic carbocycles. The Morgan fingerprint density at radius 1 is 1.24 bits per heavy atom. The van der Waals surface area contributed by atoms with E-state index in [4.69, 9.17) is 5.73 Å². The zero-order valence-corrected chi connectivity index (χ0v) is 13.5. The zero-order valence-electron chi connectivity index (χ0n) is 11.9. The maximum absolute atomic E-state index is 14.1. The largest absolute Gasteiger partial charge is 0.395 e. The molecule has 2 rings (SSSR count). The van der Waals surface area contributed by atoms with Crippen molar-refractivity contribution in [3.63, 3.8) is 0 Å². The maximum atomic E-state index is 14.1. The minimum Gasteiger partial charge on any atom is -0.395 e. The van der Waals surface area contributed by atoms with Crippen LogP contribution in [0.4, 0.5) is 4.39 Å². The van der Waals surface area contributed by atoms with Crippen LogP contribution in [0.2, 0.25) is 0 Å². The van der Waals surface area contributed by atoms with Crippen molar-refractivity contribution in [3.8, 4) is 0 Å². The minimum absolute atomic E-state index is 0.123. The monoisotopic (exact) mass is 351 g/mol. The highest BCUT2D eigenvalue weighted by Gasteiger charge is 2.31. The number of halogens is 2. The summed E-state index contributed by atoms with van der Waals surface area (Å²) in [6, 6.07) is 12.8. The van der Waals surface area contributed by atoms with Crippen LogP contribution >= 0.6 is 15.9 Å². The Morgan fingerprint density at radius 2 is 2.00 bits per heavy atom. The van der Waals surface area contributed by atoms with Gasteiger partial charge in [-0.25, -0.2) is 4.39 Å². The van der Waals surface area contributed by atoms with Crippen LogP contribution in [0.15, 0.2) is 46.9 Å². The average Bonchev–Trinajstić information content (AvgIpc) is 2.47. The van der Waals surface area contributed by atoms with Crippen molar-refractivity contribution in [3.05, 3.63) is 69.4 Å². The lowest BCUT2D eigenvalue weighted by Gasteiger charge is -2.31. The number of aryl methyl sites for hydroxylation is 1. The third-order valence-electron chi connectivity index (χ3n) is 3.87. The predicted octanol–water partition coefficient (Wildman–Crippen LogP) is 3.33. The number of benzene rings is 2. The molecule has 3 N–H and O–H groups in total. The van der Waals surface area contributed by atoms with Gasteiger partial charge in [0.1, 0.15) is 5.82 Å². The second-order valence-electron chi connectivity index (χ2n) is 5.42. The summed E-state index contributed by atoms with van der Waals surface area (Å²) >= 11 is 3.25. The van der Waals surface area contributed by atoms with Crippen molar-refractivity contribution in [2.24, 2.45) is 5.73 Å². The molecule has 0 spiro atoms. The molecule has 2 aromatic rings. The summed E-state index contributed by atoms with van der Waals surface area (Å²) in [5.74, 6) is -0.289. The Morgan fingerprint density at radius 3 is 2.57 bits per heavy atom. The van der Waals surface area contributed by atoms with Gasteiger partial charge in [-0.1, -0.05) is 51.8 Å². The Labute approximate surface area is 132 Å². The molecule has 0 saturated carbocycles. The highest BCUT2D eigenvalue weighted by atomic mass is 79.9. The number of rotatable bonds is 5. The Hall–Kier alpha value is -1.23. The second-order valence-corrected chi connectivity index (χ2v) is 6.34. The smallest absolute Gasteiger partial charge is 0.127 e. The van der Waals surface area contributed by atoms with Crippen molar-refractivity contribution < 1.29 is 9.50 Å². The molecule has 0 bridgehead atoms. The summed E-state index contributed by atoms with van der Waals surface area (Å²) in [5, 5.41) is 9.92. The van der Waals surface area contributed by atoms with E-state index in [0.29, 0.717) is 16.5 Å². The van der Waals surface area contributed by atoms with Gasteiger partial charge < -0.3 is 10.8 Å². The Bertz CT molecular complexity index is 626. The van der Waals surface area contributed by atoms with E-state index in [1.54, 1.807) is 12.1 Å². The van der Waals surface area contributed by atoms with Gasteiger partial charge in [0.2, 0.25) is 0 Å². The van der Waals surface area contributed by atoms with Crippen LogP contribution in [0.1, 0.15) is 16.7 Å². The Kier molecular flexibility index (Phi) is 5.14. The summed E-state index contributed by atoms with van der Waals surface area (Å²) in [5.41, 5.74) is 7.86. The lowest BCUT2D eigenvalue weighted by atomic mass is 9.75. The van der Waals surface area contributed by atoms with Crippen LogP contribution in [-0.4, -0.2) is 18.3 Å². The van der Waals surface area contributed by atoms with Crippen molar-refractivity contribution in [1.82, 2.24) is 0 Å². The van der Waals surface area contributed by atoms with E-state index >= 15 is 0 Å². The molecule has 2 nitrogen and oxygen atoms in total. The Balaban J connectivity index is 2.43. The van der Waals surface area contributed by atoms with E-state index in [2.05, 4.69) is 15.9 Å². The van der Waals surface area contributed by atoms with Crippen LogP contribution in [0.25, 0.3) is 0 Å². The molecule has 0 aliphatic rings. The standard InChI is InChI=1S/C17H19BrFNO/c1-12-3-2-4-14(7-12)17(10-20,11-21)9-13-5-6-15(18)8-16(13)19/h2-8,21H,9-11,20H2,1H3. The molecule has 0 aliphatic heterocycles. The zero-order chi connectivity index (χ0) is 15.5. The normalized spacial score (nSPS) is 14.0. The molecule has 112 valence electrons. The molecule has 0 fully saturated rings. The van der Waals surface area contributed by atoms with Crippen molar-refractivity contribution in [2.45, 2.75) is 18.8 Å². The molecule has 1 unspecified atom stereocenters. The highest BCUT2D eigenvalue weighted by Crippen LogP contribution is 2.30. The fourth-order valence-electron chi connectivity index (χ4n) is 2.51. The number of hydrogen-bond acceptors (Lipinski definition) is 2. The molecule has 0 heterocycles. The number of hydrogen-bond donors (Lipinski definition) is 2. The van der Waals surface area contributed by atoms with E-state index in [9.17, 15) is 9.50 Å². The van der Waals surface area contributed by atoms with Crippen LogP contribution in [0.3, 0.4) is 0 Å². The fraction of sp³-hybridized carbons (Fsp3) is 0.294. The molecule has 4 heteroatoms. The van der Waals surface area contributed by atoms with Gasteiger partial charge in [0.05, 0.1) is 6.61 Å². The van der Waals surface area contributed by atoms with Gasteiger partial charge >= 0.3 is 0 Å². The molecule has 0 aliphatic carbocycles. The van der Waals surface area contributed by atoms with Crippen LogP contribution in [0.5, 0.6) is 0 Å². The molecule has 0 radical (unpaired) electrons. The molecular weight excluding hydrogens is 333 g/mol. The van der Waals surface area contributed by atoms with Crippen molar-refractivity contribution in [2.75, 3.05) is 13.2 Å². The average molecular weight is 352 g/mol. The first-order chi connectivity index (χ1) is 10.0. The molecule has 0 aromatic heterocycles. The maximum Gasteiger partial charge on any atom is 0.127 e. The summed E-state index contributed by atoms with van der Waals surface area (Å²) in [6.45, 7) is 2.12. The number of nitrogens with two attached hydrogens (primary N) is 1. The summed E-state index contributed by atoms with van der Waals surface area (Å²) in [6.07, 6.45) is 0.364. The molecule has 0 amide bonds. The lowest BCUT2D eigenvalue weighted by Crippen LogP contribution is -2.41. The van der Waals surface area contributed by atoms with E-state index in [0.717, 1.165) is 11.1 Å². The lowest BCUT2D eigenvalue weighted by molar-refractivity contribution is 0.195. The van der Waals surface area contributed by atoms with Gasteiger partial charge in [0, 0.05) is 16.4 Å². The molecular formula is C17H19BrFNO. The van der Waals surface area contributed by atoms with Crippen LogP contribution in [-0.2, 0) is 11.8 Å². The molecule has 0 saturated heterocycles. The first-order valence-corrected chi connectivity index (χ1v) is 7.62. The molecule has 21 heavy (non-hydrogen) atoms.